The molecule has 1 aromatic rings. The van der Waals surface area contributed by atoms with Crippen molar-refractivity contribution in [1.29, 1.82) is 0 Å². The maximum Gasteiger partial charge on any atom is 0.256 e. The zero-order valence-corrected chi connectivity index (χ0v) is 13.2. The summed E-state index contributed by atoms with van der Waals surface area (Å²) in [6.45, 7) is 2.72. The molecule has 0 aromatic heterocycles. The summed E-state index contributed by atoms with van der Waals surface area (Å²) in [7, 11) is 0. The number of rotatable bonds is 3. The normalized spacial score (nSPS) is 25.5. The minimum absolute atomic E-state index is 0.0419. The molecule has 0 bridgehead atoms. The van der Waals surface area contributed by atoms with E-state index in [-0.39, 0.29) is 12.5 Å². The first kappa shape index (κ1) is 16.2. The highest BCUT2D eigenvalue weighted by molar-refractivity contribution is 6.00. The zero-order chi connectivity index (χ0) is 16.3. The van der Waals surface area contributed by atoms with E-state index in [1.807, 2.05) is 18.2 Å². The first-order chi connectivity index (χ1) is 11.1. The molecular formula is C17H23FN2O3. The Morgan fingerprint density at radius 2 is 2.00 bits per heavy atom. The molecule has 0 spiro atoms. The van der Waals surface area contributed by atoms with Gasteiger partial charge in [0.05, 0.1) is 31.9 Å². The molecule has 1 amide bonds. The average Bonchev–Trinajstić information content (AvgIpc) is 2.62. The van der Waals surface area contributed by atoms with Crippen LogP contribution in [0.1, 0.15) is 23.2 Å². The number of anilines is 1. The number of carbonyl (C=O) groups is 1. The van der Waals surface area contributed by atoms with E-state index in [0.29, 0.717) is 38.2 Å². The summed E-state index contributed by atoms with van der Waals surface area (Å²) in [4.78, 5) is 16.5. The van der Waals surface area contributed by atoms with Gasteiger partial charge in [-0.2, -0.15) is 0 Å². The molecule has 6 heteroatoms. The number of para-hydroxylation sites is 1. The van der Waals surface area contributed by atoms with Crippen LogP contribution in [0.4, 0.5) is 10.1 Å². The highest BCUT2D eigenvalue weighted by atomic mass is 19.1. The van der Waals surface area contributed by atoms with Gasteiger partial charge in [-0.15, -0.1) is 0 Å². The molecule has 2 saturated heterocycles. The maximum atomic E-state index is 14.4. The van der Waals surface area contributed by atoms with Crippen LogP contribution in [0.15, 0.2) is 24.3 Å². The van der Waals surface area contributed by atoms with Gasteiger partial charge in [-0.1, -0.05) is 12.1 Å². The number of nitrogens with zero attached hydrogens (tertiary/aromatic N) is 2. The van der Waals surface area contributed by atoms with E-state index in [9.17, 15) is 14.3 Å². The molecule has 3 rings (SSSR count). The molecule has 2 aliphatic heterocycles. The molecule has 5 nitrogen and oxygen atoms in total. The lowest BCUT2D eigenvalue weighted by atomic mass is 9.95. The van der Waals surface area contributed by atoms with Gasteiger partial charge in [0.2, 0.25) is 0 Å². The summed E-state index contributed by atoms with van der Waals surface area (Å²) in [5.74, 6) is -0.165. The summed E-state index contributed by atoms with van der Waals surface area (Å²) in [6, 6.07) is 7.46. The number of carbonyl (C=O) groups excluding carboxylic acids is 1. The molecule has 2 aliphatic rings. The number of piperidine rings is 1. The van der Waals surface area contributed by atoms with E-state index in [1.54, 1.807) is 6.07 Å². The largest absolute Gasteiger partial charge is 0.393 e. The summed E-state index contributed by atoms with van der Waals surface area (Å²) >= 11 is 0. The highest BCUT2D eigenvalue weighted by Gasteiger charge is 2.37. The molecule has 2 fully saturated rings. The lowest BCUT2D eigenvalue weighted by Crippen LogP contribution is -2.50. The first-order valence-corrected chi connectivity index (χ1v) is 8.14. The van der Waals surface area contributed by atoms with Crippen molar-refractivity contribution in [3.8, 4) is 0 Å². The molecule has 0 radical (unpaired) electrons. The smallest absolute Gasteiger partial charge is 0.256 e. The van der Waals surface area contributed by atoms with Crippen LogP contribution in [0.5, 0.6) is 0 Å². The monoisotopic (exact) mass is 322 g/mol. The van der Waals surface area contributed by atoms with Crippen molar-refractivity contribution in [2.75, 3.05) is 50.9 Å². The number of halogens is 1. The fourth-order valence-electron chi connectivity index (χ4n) is 3.29. The molecule has 0 saturated carbocycles. The third-order valence-corrected chi connectivity index (χ3v) is 4.58. The van der Waals surface area contributed by atoms with Gasteiger partial charge in [0.25, 0.3) is 5.91 Å². The van der Waals surface area contributed by atoms with E-state index < -0.39 is 12.3 Å². The molecule has 23 heavy (non-hydrogen) atoms. The number of likely N-dealkylation sites (tertiary alicyclic amines) is 1. The van der Waals surface area contributed by atoms with Gasteiger partial charge in [0.15, 0.2) is 5.67 Å². The number of hydrogen-bond acceptors (Lipinski definition) is 4. The average molecular weight is 322 g/mol. The molecule has 1 atom stereocenters. The minimum atomic E-state index is -1.68. The van der Waals surface area contributed by atoms with Gasteiger partial charge in [-0.3, -0.25) is 4.79 Å². The molecule has 126 valence electrons. The third-order valence-electron chi connectivity index (χ3n) is 4.58. The quantitative estimate of drug-likeness (QED) is 0.915. The van der Waals surface area contributed by atoms with E-state index in [1.165, 1.54) is 4.90 Å². The maximum absolute atomic E-state index is 14.4. The minimum Gasteiger partial charge on any atom is -0.393 e. The van der Waals surface area contributed by atoms with Crippen LogP contribution in [0, 0.1) is 0 Å². The molecule has 1 unspecified atom stereocenters. The molecule has 1 N–H and O–H groups in total. The summed E-state index contributed by atoms with van der Waals surface area (Å²) in [5, 5.41) is 9.24. The van der Waals surface area contributed by atoms with Crippen molar-refractivity contribution < 1.29 is 19.0 Å². The second-order valence-electron chi connectivity index (χ2n) is 6.26. The van der Waals surface area contributed by atoms with Crippen LogP contribution < -0.4 is 4.90 Å². The Balaban J connectivity index is 1.82. The third kappa shape index (κ3) is 3.48. The van der Waals surface area contributed by atoms with Gasteiger partial charge in [-0.05, 0) is 25.0 Å². The predicted octanol–water partition coefficient (Wildman–Crippen LogP) is 1.46. The lowest BCUT2D eigenvalue weighted by molar-refractivity contribution is 0.00175. The number of alkyl halides is 1. The Kier molecular flexibility index (Phi) is 4.82. The van der Waals surface area contributed by atoms with E-state index in [4.69, 9.17) is 4.74 Å². The van der Waals surface area contributed by atoms with Gasteiger partial charge in [0, 0.05) is 25.3 Å². The van der Waals surface area contributed by atoms with Crippen molar-refractivity contribution >= 4 is 11.6 Å². The van der Waals surface area contributed by atoms with E-state index >= 15 is 0 Å². The van der Waals surface area contributed by atoms with Gasteiger partial charge in [0.1, 0.15) is 0 Å². The van der Waals surface area contributed by atoms with Crippen LogP contribution in [-0.2, 0) is 4.74 Å². The van der Waals surface area contributed by atoms with Crippen molar-refractivity contribution in [2.45, 2.75) is 18.5 Å². The lowest BCUT2D eigenvalue weighted by Gasteiger charge is -2.37. The fourth-order valence-corrected chi connectivity index (χ4v) is 3.29. The fraction of sp³-hybridized carbons (Fsp3) is 0.588. The Morgan fingerprint density at radius 3 is 2.74 bits per heavy atom. The van der Waals surface area contributed by atoms with Crippen LogP contribution in [-0.4, -0.2) is 67.6 Å². The summed E-state index contributed by atoms with van der Waals surface area (Å²) in [5.41, 5.74) is -0.210. The second kappa shape index (κ2) is 6.84. The topological polar surface area (TPSA) is 53.0 Å². The van der Waals surface area contributed by atoms with E-state index in [2.05, 4.69) is 4.90 Å². The molecule has 2 heterocycles. The number of benzene rings is 1. The highest BCUT2D eigenvalue weighted by Crippen LogP contribution is 2.28. The van der Waals surface area contributed by atoms with Crippen molar-refractivity contribution in [2.24, 2.45) is 0 Å². The van der Waals surface area contributed by atoms with Crippen LogP contribution in [0.2, 0.25) is 0 Å². The molecule has 1 aromatic carbocycles. The van der Waals surface area contributed by atoms with Gasteiger partial charge < -0.3 is 19.6 Å². The van der Waals surface area contributed by atoms with E-state index in [0.717, 1.165) is 18.8 Å². The second-order valence-corrected chi connectivity index (χ2v) is 6.26. The summed E-state index contributed by atoms with van der Waals surface area (Å²) in [6.07, 6.45) is 0.876. The number of aliphatic hydroxyl groups is 1. The Hall–Kier alpha value is -1.66. The predicted molar refractivity (Wildman–Crippen MR) is 85.5 cm³/mol. The summed E-state index contributed by atoms with van der Waals surface area (Å²) < 4.78 is 19.8. The van der Waals surface area contributed by atoms with Gasteiger partial charge >= 0.3 is 0 Å². The van der Waals surface area contributed by atoms with Crippen LogP contribution >= 0.6 is 0 Å². The Bertz CT molecular complexity index is 563. The Labute approximate surface area is 135 Å². The number of ether oxygens (including phenoxy) is 1. The first-order valence-electron chi connectivity index (χ1n) is 8.14. The number of hydrogen-bond donors (Lipinski definition) is 1. The van der Waals surface area contributed by atoms with Crippen molar-refractivity contribution in [3.63, 3.8) is 0 Å². The van der Waals surface area contributed by atoms with Crippen molar-refractivity contribution in [3.05, 3.63) is 29.8 Å². The van der Waals surface area contributed by atoms with Crippen molar-refractivity contribution in [1.82, 2.24) is 4.90 Å². The van der Waals surface area contributed by atoms with Crippen LogP contribution in [0.25, 0.3) is 0 Å². The standard InChI is InChI=1S/C17H23FN2O3/c18-17(13-21)6-3-7-20(12-17)16(22)14-4-1-2-5-15(14)19-8-10-23-11-9-19/h1-2,4-5,21H,3,6-13H2. The SMILES string of the molecule is O=C(c1ccccc1N1CCOCC1)N1CCCC(F)(CO)C1. The molecular weight excluding hydrogens is 299 g/mol. The Morgan fingerprint density at radius 1 is 1.26 bits per heavy atom. The molecule has 0 aliphatic carbocycles. The zero-order valence-electron chi connectivity index (χ0n) is 13.2. The number of amides is 1. The number of morpholine rings is 1. The van der Waals surface area contributed by atoms with Gasteiger partial charge in [-0.25, -0.2) is 4.39 Å². The number of aliphatic hydroxyl groups excluding tert-OH is 1. The van der Waals surface area contributed by atoms with Crippen LogP contribution in [0.3, 0.4) is 0 Å².